The molecular weight excluding hydrogens is 373 g/mol. The maximum absolute atomic E-state index is 13.3. The Kier molecular flexibility index (Phi) is 4.01. The molecule has 0 N–H and O–H groups in total. The summed E-state index contributed by atoms with van der Waals surface area (Å²) in [6.07, 6.45) is 0.156. The predicted molar refractivity (Wildman–Crippen MR) is 105 cm³/mol. The topological polar surface area (TPSA) is 68.0 Å². The van der Waals surface area contributed by atoms with Crippen molar-refractivity contribution in [2.45, 2.75) is 18.7 Å². The second-order valence-electron chi connectivity index (χ2n) is 7.01. The van der Waals surface area contributed by atoms with Crippen LogP contribution in [0.5, 0.6) is 5.75 Å². The third-order valence-corrected chi connectivity index (χ3v) is 5.27. The van der Waals surface area contributed by atoms with Gasteiger partial charge >= 0.3 is 0 Å². The van der Waals surface area contributed by atoms with Gasteiger partial charge in [0.25, 0.3) is 5.69 Å². The van der Waals surface area contributed by atoms with E-state index in [9.17, 15) is 14.5 Å². The summed E-state index contributed by atoms with van der Waals surface area (Å²) in [6.45, 7) is 0. The first-order chi connectivity index (χ1) is 14.1. The molecule has 3 aromatic carbocycles. The highest BCUT2D eigenvalue weighted by atomic mass is 19.1. The van der Waals surface area contributed by atoms with Crippen LogP contribution in [-0.4, -0.2) is 15.6 Å². The van der Waals surface area contributed by atoms with Crippen LogP contribution in [-0.2, 0) is 0 Å². The van der Waals surface area contributed by atoms with E-state index in [4.69, 9.17) is 9.84 Å². The zero-order valence-corrected chi connectivity index (χ0v) is 15.2. The van der Waals surface area contributed by atoms with Gasteiger partial charge in [0.05, 0.1) is 16.7 Å². The fourth-order valence-electron chi connectivity index (χ4n) is 3.83. The summed E-state index contributed by atoms with van der Waals surface area (Å²) in [5, 5.41) is 17.7. The number of rotatable bonds is 3. The van der Waals surface area contributed by atoms with Crippen molar-refractivity contribution in [3.8, 4) is 5.75 Å². The third kappa shape index (κ3) is 3.00. The molecule has 6 nitrogen and oxygen atoms in total. The molecule has 0 aliphatic carbocycles. The highest BCUT2D eigenvalue weighted by Gasteiger charge is 2.40. The van der Waals surface area contributed by atoms with Crippen LogP contribution in [0.3, 0.4) is 0 Å². The summed E-state index contributed by atoms with van der Waals surface area (Å²) < 4.78 is 19.5. The first-order valence-electron chi connectivity index (χ1n) is 9.22. The van der Waals surface area contributed by atoms with Crippen LogP contribution in [0, 0.1) is 15.9 Å². The van der Waals surface area contributed by atoms with E-state index in [1.165, 1.54) is 24.3 Å². The molecule has 5 rings (SSSR count). The minimum atomic E-state index is -0.506. The first-order valence-corrected chi connectivity index (χ1v) is 9.22. The number of hydrazone groups is 1. The average molecular weight is 389 g/mol. The summed E-state index contributed by atoms with van der Waals surface area (Å²) in [7, 11) is 0. The summed E-state index contributed by atoms with van der Waals surface area (Å²) in [4.78, 5) is 10.5. The average Bonchev–Trinajstić information content (AvgIpc) is 3.19. The van der Waals surface area contributed by atoms with Gasteiger partial charge < -0.3 is 4.74 Å². The van der Waals surface area contributed by atoms with Crippen molar-refractivity contribution < 1.29 is 14.1 Å². The predicted octanol–water partition coefficient (Wildman–Crippen LogP) is 4.98. The molecule has 0 spiro atoms. The van der Waals surface area contributed by atoms with Crippen molar-refractivity contribution in [3.05, 3.63) is 105 Å². The van der Waals surface area contributed by atoms with Gasteiger partial charge in [-0.25, -0.2) is 9.40 Å². The van der Waals surface area contributed by atoms with E-state index >= 15 is 0 Å². The van der Waals surface area contributed by atoms with Crippen molar-refractivity contribution in [2.24, 2.45) is 5.10 Å². The fourth-order valence-corrected chi connectivity index (χ4v) is 3.83. The normalized spacial score (nSPS) is 19.8. The Hall–Kier alpha value is -3.74. The maximum Gasteiger partial charge on any atom is 0.269 e. The number of hydrogen-bond acceptors (Lipinski definition) is 5. The van der Waals surface area contributed by atoms with Crippen LogP contribution >= 0.6 is 0 Å². The van der Waals surface area contributed by atoms with E-state index in [1.54, 1.807) is 24.3 Å². The van der Waals surface area contributed by atoms with E-state index in [0.29, 0.717) is 6.42 Å². The third-order valence-electron chi connectivity index (χ3n) is 5.27. The Morgan fingerprint density at radius 2 is 1.76 bits per heavy atom. The van der Waals surface area contributed by atoms with Crippen molar-refractivity contribution in [1.29, 1.82) is 0 Å². The number of nitro groups is 1. The van der Waals surface area contributed by atoms with Crippen LogP contribution in [0.2, 0.25) is 0 Å². The lowest BCUT2D eigenvalue weighted by molar-refractivity contribution is -0.384. The Labute approximate surface area is 166 Å². The van der Waals surface area contributed by atoms with E-state index in [-0.39, 0.29) is 17.5 Å². The quantitative estimate of drug-likeness (QED) is 0.468. The van der Waals surface area contributed by atoms with Crippen LogP contribution in [0.4, 0.5) is 10.1 Å². The molecule has 0 amide bonds. The molecule has 0 bridgehead atoms. The molecular formula is C22H16FN3O3. The van der Waals surface area contributed by atoms with E-state index in [2.05, 4.69) is 0 Å². The van der Waals surface area contributed by atoms with Crippen molar-refractivity contribution in [2.75, 3.05) is 0 Å². The number of hydrogen-bond donors (Lipinski definition) is 0. The van der Waals surface area contributed by atoms with Gasteiger partial charge in [0.15, 0.2) is 0 Å². The summed E-state index contributed by atoms with van der Waals surface area (Å²) in [6, 6.07) is 20.4. The minimum Gasteiger partial charge on any atom is -0.464 e. The molecule has 0 fully saturated rings. The lowest BCUT2D eigenvalue weighted by Gasteiger charge is -2.38. The summed E-state index contributed by atoms with van der Waals surface area (Å²) in [5.41, 5.74) is 3.55. The van der Waals surface area contributed by atoms with Gasteiger partial charge in [0.1, 0.15) is 11.6 Å². The molecule has 0 saturated carbocycles. The first kappa shape index (κ1) is 17.4. The summed E-state index contributed by atoms with van der Waals surface area (Å²) in [5.74, 6) is 0.482. The molecule has 0 aromatic heterocycles. The van der Waals surface area contributed by atoms with Gasteiger partial charge in [-0.1, -0.05) is 30.3 Å². The number of halogens is 1. The van der Waals surface area contributed by atoms with Gasteiger partial charge in [-0.15, -0.1) is 0 Å². The second kappa shape index (κ2) is 6.70. The van der Waals surface area contributed by atoms with Gasteiger partial charge in [-0.05, 0) is 35.9 Å². The minimum absolute atomic E-state index is 0.0263. The van der Waals surface area contributed by atoms with E-state index < -0.39 is 11.2 Å². The molecule has 0 radical (unpaired) electrons. The number of para-hydroxylation sites is 1. The molecule has 29 heavy (non-hydrogen) atoms. The Balaban J connectivity index is 1.56. The maximum atomic E-state index is 13.3. The number of benzene rings is 3. The molecule has 2 heterocycles. The number of nitrogens with zero attached hydrogens (tertiary/aromatic N) is 3. The number of fused-ring (bicyclic) bond motifs is 3. The van der Waals surface area contributed by atoms with Crippen LogP contribution in [0.1, 0.15) is 35.4 Å². The molecule has 2 unspecified atom stereocenters. The highest BCUT2D eigenvalue weighted by Crippen LogP contribution is 2.47. The SMILES string of the molecule is O=[N+]([O-])c1ccc(C2Oc3ccccc3C3CC(c4ccc(F)cc4)=NN32)cc1. The van der Waals surface area contributed by atoms with Crippen molar-refractivity contribution in [1.82, 2.24) is 5.01 Å². The molecule has 2 aliphatic heterocycles. The number of nitro benzene ring substituents is 1. The van der Waals surface area contributed by atoms with Gasteiger partial charge in [0, 0.05) is 29.7 Å². The summed E-state index contributed by atoms with van der Waals surface area (Å²) >= 11 is 0. The smallest absolute Gasteiger partial charge is 0.269 e. The lowest BCUT2D eigenvalue weighted by Crippen LogP contribution is -2.33. The largest absolute Gasteiger partial charge is 0.464 e. The van der Waals surface area contributed by atoms with Crippen molar-refractivity contribution in [3.63, 3.8) is 0 Å². The fraction of sp³-hybridized carbons (Fsp3) is 0.136. The molecule has 7 heteroatoms. The molecule has 2 atom stereocenters. The monoisotopic (exact) mass is 389 g/mol. The van der Waals surface area contributed by atoms with Crippen LogP contribution in [0.25, 0.3) is 0 Å². The second-order valence-corrected chi connectivity index (χ2v) is 7.01. The lowest BCUT2D eigenvalue weighted by atomic mass is 9.96. The van der Waals surface area contributed by atoms with Crippen LogP contribution in [0.15, 0.2) is 77.9 Å². The molecule has 0 saturated heterocycles. The van der Waals surface area contributed by atoms with Gasteiger partial charge in [0.2, 0.25) is 6.23 Å². The molecule has 2 aliphatic rings. The Morgan fingerprint density at radius 1 is 1.03 bits per heavy atom. The van der Waals surface area contributed by atoms with Crippen molar-refractivity contribution >= 4 is 11.4 Å². The molecule has 3 aromatic rings. The Morgan fingerprint density at radius 3 is 2.48 bits per heavy atom. The van der Waals surface area contributed by atoms with E-state index in [0.717, 1.165) is 28.2 Å². The number of ether oxygens (including phenoxy) is 1. The van der Waals surface area contributed by atoms with Gasteiger partial charge in [-0.2, -0.15) is 5.10 Å². The zero-order chi connectivity index (χ0) is 20.0. The standard InChI is InChI=1S/C22H16FN3O3/c23-16-9-5-14(6-10-16)19-13-20-18-3-1-2-4-21(18)29-22(25(20)24-19)15-7-11-17(12-8-15)26(27)28/h1-12,20,22H,13H2. The van der Waals surface area contributed by atoms with Crippen LogP contribution < -0.4 is 4.74 Å². The van der Waals surface area contributed by atoms with Gasteiger partial charge in [-0.3, -0.25) is 10.1 Å². The molecule has 144 valence electrons. The zero-order valence-electron chi connectivity index (χ0n) is 15.2. The van der Waals surface area contributed by atoms with E-state index in [1.807, 2.05) is 29.3 Å². The Bertz CT molecular complexity index is 1110. The number of non-ortho nitro benzene ring substituents is 1. The highest BCUT2D eigenvalue weighted by molar-refractivity contribution is 6.01.